The molecule has 39 heavy (non-hydrogen) atoms. The van der Waals surface area contributed by atoms with Crippen LogP contribution in [0.25, 0.3) is 0 Å². The number of nitrogens with zero attached hydrogens (tertiary/aromatic N) is 5. The number of aromatic nitrogens is 2. The van der Waals surface area contributed by atoms with Crippen molar-refractivity contribution in [2.45, 2.75) is 38.4 Å². The molecule has 2 saturated heterocycles. The minimum atomic E-state index is -0.408. The summed E-state index contributed by atoms with van der Waals surface area (Å²) in [5.41, 5.74) is 1.21. The number of likely N-dealkylation sites (tertiary alicyclic amines) is 1. The van der Waals surface area contributed by atoms with Gasteiger partial charge in [-0.1, -0.05) is 17.7 Å². The van der Waals surface area contributed by atoms with E-state index in [9.17, 15) is 9.18 Å². The van der Waals surface area contributed by atoms with Crippen molar-refractivity contribution >= 4 is 35.1 Å². The second-order valence-corrected chi connectivity index (χ2v) is 11.3. The van der Waals surface area contributed by atoms with E-state index in [0.29, 0.717) is 30.3 Å². The molecule has 2 N–H and O–H groups in total. The van der Waals surface area contributed by atoms with E-state index in [1.807, 2.05) is 18.4 Å². The van der Waals surface area contributed by atoms with Crippen molar-refractivity contribution in [3.05, 3.63) is 46.6 Å². The van der Waals surface area contributed by atoms with Crippen LogP contribution in [-0.2, 0) is 6.54 Å². The summed E-state index contributed by atoms with van der Waals surface area (Å²) in [6.45, 7) is 7.98. The lowest BCUT2D eigenvalue weighted by atomic mass is 9.99. The molecule has 4 rings (SSSR count). The zero-order valence-electron chi connectivity index (χ0n) is 22.6. The third kappa shape index (κ3) is 7.94. The van der Waals surface area contributed by atoms with Crippen molar-refractivity contribution in [2.24, 2.45) is 0 Å². The Balaban J connectivity index is 1.27. The molecule has 2 fully saturated rings. The van der Waals surface area contributed by atoms with E-state index in [2.05, 4.69) is 36.9 Å². The lowest BCUT2D eigenvalue weighted by Crippen LogP contribution is -2.57. The quantitative estimate of drug-likeness (QED) is 0.389. The largest absolute Gasteiger partial charge is 0.490 e. The SMILES string of the molecule is CSCCOc1cc(CN2CCC(N3CCN(c4ncc(C(=O)NCCO)nc4Cl)CC3C)CC2)ccc1F. The predicted octanol–water partition coefficient (Wildman–Crippen LogP) is 2.91. The molecule has 2 aliphatic heterocycles. The first-order chi connectivity index (χ1) is 18.9. The molecule has 0 saturated carbocycles. The van der Waals surface area contributed by atoms with E-state index >= 15 is 0 Å². The molecule has 1 aromatic heterocycles. The minimum absolute atomic E-state index is 0.135. The van der Waals surface area contributed by atoms with Gasteiger partial charge in [0.1, 0.15) is 5.69 Å². The number of amides is 1. The standard InChI is InChI=1S/C27H38ClFN6O3S/c1-19-17-34(26-25(28)32-23(16-31-26)27(37)30-7-12-36)10-11-35(19)21-5-8-33(9-6-21)18-20-3-4-22(29)24(15-20)38-13-14-39-2/h3-4,15-16,19,21,36H,5-14,17-18H2,1-2H3,(H,30,37). The van der Waals surface area contributed by atoms with Gasteiger partial charge in [-0.15, -0.1) is 0 Å². The molecular weight excluding hydrogens is 543 g/mol. The molecule has 3 heterocycles. The van der Waals surface area contributed by atoms with Gasteiger partial charge in [-0.2, -0.15) is 11.8 Å². The molecule has 1 amide bonds. The summed E-state index contributed by atoms with van der Waals surface area (Å²) in [4.78, 5) is 27.9. The van der Waals surface area contributed by atoms with Crippen LogP contribution >= 0.6 is 23.4 Å². The van der Waals surface area contributed by atoms with E-state index in [1.54, 1.807) is 11.8 Å². The van der Waals surface area contributed by atoms with E-state index in [1.165, 1.54) is 12.3 Å². The van der Waals surface area contributed by atoms with E-state index < -0.39 is 5.91 Å². The number of halogens is 2. The topological polar surface area (TPSA) is 94.1 Å². The lowest BCUT2D eigenvalue weighted by Gasteiger charge is -2.46. The summed E-state index contributed by atoms with van der Waals surface area (Å²) < 4.78 is 19.8. The summed E-state index contributed by atoms with van der Waals surface area (Å²) in [7, 11) is 0. The smallest absolute Gasteiger partial charge is 0.271 e. The third-order valence-electron chi connectivity index (χ3n) is 7.29. The van der Waals surface area contributed by atoms with Gasteiger partial charge in [0, 0.05) is 50.6 Å². The first-order valence-corrected chi connectivity index (χ1v) is 15.2. The molecule has 2 aromatic rings. The van der Waals surface area contributed by atoms with Gasteiger partial charge in [0.2, 0.25) is 0 Å². The number of aliphatic hydroxyl groups is 1. The molecule has 214 valence electrons. The maximum absolute atomic E-state index is 14.1. The normalized spacial score (nSPS) is 19.3. The highest BCUT2D eigenvalue weighted by Gasteiger charge is 2.33. The van der Waals surface area contributed by atoms with Crippen LogP contribution in [0.3, 0.4) is 0 Å². The maximum atomic E-state index is 14.1. The van der Waals surface area contributed by atoms with Crippen molar-refractivity contribution in [3.8, 4) is 5.75 Å². The van der Waals surface area contributed by atoms with Crippen LogP contribution in [0.2, 0.25) is 5.15 Å². The van der Waals surface area contributed by atoms with Crippen molar-refractivity contribution in [2.75, 3.05) is 69.4 Å². The van der Waals surface area contributed by atoms with Gasteiger partial charge in [0.15, 0.2) is 22.5 Å². The van der Waals surface area contributed by atoms with Gasteiger partial charge in [0.05, 0.1) is 19.4 Å². The Kier molecular flexibility index (Phi) is 11.0. The Hall–Kier alpha value is -2.18. The van der Waals surface area contributed by atoms with Crippen molar-refractivity contribution in [1.29, 1.82) is 0 Å². The van der Waals surface area contributed by atoms with Crippen LogP contribution in [-0.4, -0.2) is 107 Å². The Labute approximate surface area is 239 Å². The average Bonchev–Trinajstić information content (AvgIpc) is 2.94. The van der Waals surface area contributed by atoms with Crippen molar-refractivity contribution < 1.29 is 19.0 Å². The molecule has 0 radical (unpaired) electrons. The molecule has 0 spiro atoms. The molecule has 9 nitrogen and oxygen atoms in total. The fourth-order valence-corrected chi connectivity index (χ4v) is 5.82. The maximum Gasteiger partial charge on any atom is 0.271 e. The number of ether oxygens (including phenoxy) is 1. The highest BCUT2D eigenvalue weighted by molar-refractivity contribution is 7.98. The number of carbonyl (C=O) groups is 1. The van der Waals surface area contributed by atoms with Crippen LogP contribution in [0.5, 0.6) is 5.75 Å². The van der Waals surface area contributed by atoms with Crippen molar-refractivity contribution in [1.82, 2.24) is 25.1 Å². The number of carbonyl (C=O) groups excluding carboxylic acids is 1. The molecule has 12 heteroatoms. The second kappa shape index (κ2) is 14.5. The van der Waals surface area contributed by atoms with Gasteiger partial charge in [0.25, 0.3) is 5.91 Å². The Morgan fingerprint density at radius 3 is 2.77 bits per heavy atom. The summed E-state index contributed by atoms with van der Waals surface area (Å²) >= 11 is 8.09. The molecule has 1 aromatic carbocycles. The van der Waals surface area contributed by atoms with E-state index in [0.717, 1.165) is 63.4 Å². The fraction of sp³-hybridized carbons (Fsp3) is 0.593. The number of nitrogens with one attached hydrogen (secondary N) is 1. The second-order valence-electron chi connectivity index (χ2n) is 10.00. The summed E-state index contributed by atoms with van der Waals surface area (Å²) in [6.07, 6.45) is 5.61. The Morgan fingerprint density at radius 2 is 2.08 bits per heavy atom. The predicted molar refractivity (Wildman–Crippen MR) is 153 cm³/mol. The van der Waals surface area contributed by atoms with Crippen LogP contribution in [0.15, 0.2) is 24.4 Å². The molecule has 2 aliphatic rings. The molecular formula is C27H38ClFN6O3S. The number of hydrogen-bond donors (Lipinski definition) is 2. The average molecular weight is 581 g/mol. The number of piperazine rings is 1. The number of aliphatic hydroxyl groups excluding tert-OH is 1. The summed E-state index contributed by atoms with van der Waals surface area (Å²) in [5.74, 6) is 1.05. The number of hydrogen-bond acceptors (Lipinski definition) is 9. The fourth-order valence-electron chi connectivity index (χ4n) is 5.31. The first kappa shape index (κ1) is 29.8. The van der Waals surface area contributed by atoms with E-state index in [-0.39, 0.29) is 29.8 Å². The van der Waals surface area contributed by atoms with Crippen molar-refractivity contribution in [3.63, 3.8) is 0 Å². The third-order valence-corrected chi connectivity index (χ3v) is 8.12. The molecule has 0 bridgehead atoms. The summed E-state index contributed by atoms with van der Waals surface area (Å²) in [6, 6.07) is 6.03. The van der Waals surface area contributed by atoms with Gasteiger partial charge >= 0.3 is 0 Å². The molecule has 1 unspecified atom stereocenters. The Morgan fingerprint density at radius 1 is 1.28 bits per heavy atom. The summed E-state index contributed by atoms with van der Waals surface area (Å²) in [5, 5.41) is 11.7. The van der Waals surface area contributed by atoms with Gasteiger partial charge < -0.3 is 20.1 Å². The van der Waals surface area contributed by atoms with Gasteiger partial charge in [-0.3, -0.25) is 14.6 Å². The number of benzene rings is 1. The first-order valence-electron chi connectivity index (χ1n) is 13.4. The molecule has 0 aliphatic carbocycles. The van der Waals surface area contributed by atoms with Gasteiger partial charge in [-0.05, 0) is 56.8 Å². The number of thioether (sulfide) groups is 1. The van der Waals surface area contributed by atoms with E-state index in [4.69, 9.17) is 21.4 Å². The zero-order chi connectivity index (χ0) is 27.8. The number of anilines is 1. The van der Waals surface area contributed by atoms with Crippen LogP contribution in [0.4, 0.5) is 10.2 Å². The number of piperidine rings is 1. The minimum Gasteiger partial charge on any atom is -0.490 e. The van der Waals surface area contributed by atoms with Gasteiger partial charge in [-0.25, -0.2) is 14.4 Å². The Bertz CT molecular complexity index is 1110. The van der Waals surface area contributed by atoms with Crippen LogP contribution < -0.4 is 15.0 Å². The number of rotatable bonds is 11. The van der Waals surface area contributed by atoms with Crippen LogP contribution in [0.1, 0.15) is 35.8 Å². The highest BCUT2D eigenvalue weighted by atomic mass is 35.5. The molecule has 1 atom stereocenters. The lowest BCUT2D eigenvalue weighted by molar-refractivity contribution is 0.0690. The highest BCUT2D eigenvalue weighted by Crippen LogP contribution is 2.28. The van der Waals surface area contributed by atoms with Crippen LogP contribution in [0, 0.1) is 5.82 Å². The zero-order valence-corrected chi connectivity index (χ0v) is 24.2. The monoisotopic (exact) mass is 580 g/mol.